The maximum atomic E-state index is 13.6. The second kappa shape index (κ2) is 7.07. The molecule has 2 heterocycles. The van der Waals surface area contributed by atoms with Crippen LogP contribution in [-0.2, 0) is 6.18 Å². The summed E-state index contributed by atoms with van der Waals surface area (Å²) in [4.78, 5) is 4.35. The van der Waals surface area contributed by atoms with E-state index >= 15 is 0 Å². The molecule has 0 spiro atoms. The molecule has 0 saturated heterocycles. The third-order valence-corrected chi connectivity index (χ3v) is 5.23. The van der Waals surface area contributed by atoms with E-state index in [0.29, 0.717) is 16.3 Å². The van der Waals surface area contributed by atoms with Gasteiger partial charge in [-0.2, -0.15) is 18.3 Å². The Kier molecular flexibility index (Phi) is 4.72. The lowest BCUT2D eigenvalue weighted by atomic mass is 10.1. The third kappa shape index (κ3) is 3.68. The highest BCUT2D eigenvalue weighted by Gasteiger charge is 2.37. The Labute approximate surface area is 168 Å². The van der Waals surface area contributed by atoms with Gasteiger partial charge in [0.05, 0.1) is 11.4 Å². The molecule has 0 fully saturated rings. The summed E-state index contributed by atoms with van der Waals surface area (Å²) in [6.07, 6.45) is -4.55. The first kappa shape index (κ1) is 18.7. The number of nitrogens with zero attached hydrogens (tertiary/aromatic N) is 3. The predicted octanol–water partition coefficient (Wildman–Crippen LogP) is 6.64. The first-order valence-electron chi connectivity index (χ1n) is 8.27. The average molecular weight is 420 g/mol. The zero-order valence-electron chi connectivity index (χ0n) is 14.5. The van der Waals surface area contributed by atoms with Crippen LogP contribution in [0.2, 0.25) is 5.02 Å². The molecule has 0 aliphatic carbocycles. The van der Waals surface area contributed by atoms with E-state index in [1.165, 1.54) is 0 Å². The lowest BCUT2D eigenvalue weighted by Crippen LogP contribution is -2.13. The molecule has 0 radical (unpaired) electrons. The van der Waals surface area contributed by atoms with Gasteiger partial charge in [0, 0.05) is 21.5 Å². The van der Waals surface area contributed by atoms with Gasteiger partial charge in [0.1, 0.15) is 0 Å². The van der Waals surface area contributed by atoms with Crippen molar-refractivity contribution < 1.29 is 13.2 Å². The van der Waals surface area contributed by atoms with Crippen LogP contribution in [0.4, 0.5) is 13.2 Å². The Morgan fingerprint density at radius 3 is 2.18 bits per heavy atom. The highest BCUT2D eigenvalue weighted by atomic mass is 35.5. The number of alkyl halides is 3. The summed E-state index contributed by atoms with van der Waals surface area (Å²) in [5.74, 6) is 0. The van der Waals surface area contributed by atoms with Crippen molar-refractivity contribution in [2.24, 2.45) is 0 Å². The molecule has 2 aromatic heterocycles. The second-order valence-corrected chi connectivity index (χ2v) is 7.49. The largest absolute Gasteiger partial charge is 0.433 e. The van der Waals surface area contributed by atoms with E-state index in [9.17, 15) is 13.2 Å². The molecular weight excluding hydrogens is 407 g/mol. The van der Waals surface area contributed by atoms with Crippen LogP contribution in [0.25, 0.3) is 27.6 Å². The van der Waals surface area contributed by atoms with Crippen LogP contribution in [0.1, 0.15) is 11.3 Å². The lowest BCUT2D eigenvalue weighted by Gasteiger charge is -2.07. The normalized spacial score (nSPS) is 11.8. The highest BCUT2D eigenvalue weighted by molar-refractivity contribution is 7.12. The Balaban J connectivity index is 1.78. The molecule has 0 aliphatic heterocycles. The summed E-state index contributed by atoms with van der Waals surface area (Å²) in [7, 11) is 0. The zero-order valence-corrected chi connectivity index (χ0v) is 16.1. The van der Waals surface area contributed by atoms with Crippen LogP contribution in [0.3, 0.4) is 0 Å². The Morgan fingerprint density at radius 2 is 1.54 bits per heavy atom. The molecule has 4 rings (SSSR count). The summed E-state index contributed by atoms with van der Waals surface area (Å²) in [5.41, 5.74) is 2.36. The van der Waals surface area contributed by atoms with Crippen molar-refractivity contribution in [1.29, 1.82) is 0 Å². The summed E-state index contributed by atoms with van der Waals surface area (Å²) in [6.45, 7) is 1.91. The van der Waals surface area contributed by atoms with Crippen LogP contribution in [0.5, 0.6) is 0 Å². The minimum absolute atomic E-state index is 0.149. The average Bonchev–Trinajstić information content (AvgIpc) is 3.30. The van der Waals surface area contributed by atoms with E-state index in [0.717, 1.165) is 33.2 Å². The van der Waals surface area contributed by atoms with Crippen molar-refractivity contribution in [3.8, 4) is 27.6 Å². The molecule has 0 amide bonds. The lowest BCUT2D eigenvalue weighted by molar-refractivity contribution is -0.142. The van der Waals surface area contributed by atoms with E-state index in [-0.39, 0.29) is 10.8 Å². The SMILES string of the molecule is Cc1ccc(-c2cc(C(F)(F)F)n(-c3nc(-c4ccc(Cl)cc4)cs3)n2)cc1. The molecule has 8 heteroatoms. The number of hydrogen-bond acceptors (Lipinski definition) is 3. The van der Waals surface area contributed by atoms with E-state index in [1.807, 2.05) is 19.1 Å². The first-order chi connectivity index (χ1) is 13.3. The summed E-state index contributed by atoms with van der Waals surface area (Å²) < 4.78 is 41.7. The number of halogens is 4. The van der Waals surface area contributed by atoms with Gasteiger partial charge in [0.15, 0.2) is 5.69 Å². The highest BCUT2D eigenvalue weighted by Crippen LogP contribution is 2.35. The first-order valence-corrected chi connectivity index (χ1v) is 9.53. The topological polar surface area (TPSA) is 30.7 Å². The van der Waals surface area contributed by atoms with E-state index in [1.54, 1.807) is 41.8 Å². The summed E-state index contributed by atoms with van der Waals surface area (Å²) in [6, 6.07) is 15.2. The van der Waals surface area contributed by atoms with Crippen LogP contribution in [-0.4, -0.2) is 14.8 Å². The van der Waals surface area contributed by atoms with Crippen molar-refractivity contribution in [3.63, 3.8) is 0 Å². The van der Waals surface area contributed by atoms with Gasteiger partial charge >= 0.3 is 6.18 Å². The Morgan fingerprint density at radius 1 is 0.929 bits per heavy atom. The second-order valence-electron chi connectivity index (χ2n) is 6.21. The fraction of sp³-hybridized carbons (Fsp3) is 0.100. The van der Waals surface area contributed by atoms with Crippen molar-refractivity contribution in [2.75, 3.05) is 0 Å². The predicted molar refractivity (Wildman–Crippen MR) is 105 cm³/mol. The van der Waals surface area contributed by atoms with Crippen LogP contribution < -0.4 is 0 Å². The van der Waals surface area contributed by atoms with Gasteiger partial charge in [-0.1, -0.05) is 53.6 Å². The molecular formula is C20H13ClF3N3S. The van der Waals surface area contributed by atoms with Crippen LogP contribution >= 0.6 is 22.9 Å². The van der Waals surface area contributed by atoms with Gasteiger partial charge in [0.25, 0.3) is 0 Å². The maximum absolute atomic E-state index is 13.6. The Bertz CT molecular complexity index is 1110. The maximum Gasteiger partial charge on any atom is 0.433 e. The van der Waals surface area contributed by atoms with Crippen molar-refractivity contribution in [2.45, 2.75) is 13.1 Å². The van der Waals surface area contributed by atoms with E-state index < -0.39 is 11.9 Å². The van der Waals surface area contributed by atoms with Crippen LogP contribution in [0, 0.1) is 6.92 Å². The number of benzene rings is 2. The molecule has 0 aliphatic rings. The standard InChI is InChI=1S/C20H13ClF3N3S/c1-12-2-4-13(5-3-12)16-10-18(20(22,23)24)27(26-16)19-25-17(11-28-19)14-6-8-15(21)9-7-14/h2-11H,1H3. The van der Waals surface area contributed by atoms with E-state index in [2.05, 4.69) is 10.1 Å². The third-order valence-electron chi connectivity index (χ3n) is 4.16. The monoisotopic (exact) mass is 419 g/mol. The van der Waals surface area contributed by atoms with Gasteiger partial charge in [-0.15, -0.1) is 11.3 Å². The fourth-order valence-corrected chi connectivity index (χ4v) is 3.63. The van der Waals surface area contributed by atoms with Crippen LogP contribution in [0.15, 0.2) is 60.0 Å². The molecule has 0 bridgehead atoms. The quantitative estimate of drug-likeness (QED) is 0.372. The molecule has 2 aromatic carbocycles. The number of aromatic nitrogens is 3. The molecule has 0 saturated carbocycles. The van der Waals surface area contributed by atoms with E-state index in [4.69, 9.17) is 11.6 Å². The minimum atomic E-state index is -4.55. The molecule has 28 heavy (non-hydrogen) atoms. The van der Waals surface area contributed by atoms with Gasteiger partial charge in [0.2, 0.25) is 5.13 Å². The molecule has 0 atom stereocenters. The number of thiazole rings is 1. The number of rotatable bonds is 3. The van der Waals surface area contributed by atoms with Gasteiger partial charge in [-0.3, -0.25) is 0 Å². The molecule has 4 aromatic rings. The molecule has 0 N–H and O–H groups in total. The fourth-order valence-electron chi connectivity index (χ4n) is 2.71. The number of aryl methyl sites for hydroxylation is 1. The van der Waals surface area contributed by atoms with Gasteiger partial charge < -0.3 is 0 Å². The van der Waals surface area contributed by atoms with Gasteiger partial charge in [-0.25, -0.2) is 9.67 Å². The molecule has 3 nitrogen and oxygen atoms in total. The molecule has 142 valence electrons. The Hall–Kier alpha value is -2.64. The minimum Gasteiger partial charge on any atom is -0.218 e. The van der Waals surface area contributed by atoms with Crippen molar-refractivity contribution in [1.82, 2.24) is 14.8 Å². The summed E-state index contributed by atoms with van der Waals surface area (Å²) >= 11 is 6.98. The summed E-state index contributed by atoms with van der Waals surface area (Å²) in [5, 5.41) is 6.62. The van der Waals surface area contributed by atoms with Gasteiger partial charge in [-0.05, 0) is 25.1 Å². The zero-order chi connectivity index (χ0) is 19.9. The van der Waals surface area contributed by atoms with Crippen molar-refractivity contribution >= 4 is 22.9 Å². The smallest absolute Gasteiger partial charge is 0.218 e. The molecule has 0 unspecified atom stereocenters. The number of hydrogen-bond donors (Lipinski definition) is 0. The van der Waals surface area contributed by atoms with Crippen molar-refractivity contribution in [3.05, 3.63) is 76.3 Å².